The molecule has 1 aliphatic rings. The lowest BCUT2D eigenvalue weighted by atomic mass is 10.3. The topological polar surface area (TPSA) is 89.7 Å². The zero-order valence-corrected chi connectivity index (χ0v) is 11.0. The summed E-state index contributed by atoms with van der Waals surface area (Å²) in [6, 6.07) is 3.06. The summed E-state index contributed by atoms with van der Waals surface area (Å²) in [6.45, 7) is 0.542. The van der Waals surface area contributed by atoms with E-state index < -0.39 is 21.9 Å². The second-order valence-electron chi connectivity index (χ2n) is 4.29. The molecule has 1 fully saturated rings. The van der Waals surface area contributed by atoms with Crippen LogP contribution in [0.4, 0.5) is 4.39 Å². The van der Waals surface area contributed by atoms with Crippen LogP contribution in [0, 0.1) is 5.82 Å². The molecule has 104 valence electrons. The third-order valence-corrected chi connectivity index (χ3v) is 3.79. The quantitative estimate of drug-likeness (QED) is 0.853. The predicted molar refractivity (Wildman–Crippen MR) is 64.4 cm³/mol. The van der Waals surface area contributed by atoms with E-state index in [1.165, 1.54) is 4.90 Å². The monoisotopic (exact) mass is 288 g/mol. The number of amides is 1. The number of nitrogens with zero attached hydrogens (tertiary/aromatic N) is 1. The Morgan fingerprint density at radius 2 is 2.16 bits per heavy atom. The maximum atomic E-state index is 13.7. The highest BCUT2D eigenvalue weighted by atomic mass is 32.2. The van der Waals surface area contributed by atoms with Crippen molar-refractivity contribution in [2.45, 2.75) is 17.4 Å². The van der Waals surface area contributed by atoms with Crippen LogP contribution in [-0.4, -0.2) is 38.9 Å². The van der Waals surface area contributed by atoms with Crippen LogP contribution in [0.5, 0.6) is 5.75 Å². The van der Waals surface area contributed by atoms with Crippen LogP contribution in [0.15, 0.2) is 23.1 Å². The minimum Gasteiger partial charge on any atom is -0.477 e. The van der Waals surface area contributed by atoms with Gasteiger partial charge in [0.15, 0.2) is 17.7 Å². The van der Waals surface area contributed by atoms with Crippen LogP contribution in [0.1, 0.15) is 6.42 Å². The molecule has 1 atom stereocenters. The van der Waals surface area contributed by atoms with Gasteiger partial charge >= 0.3 is 0 Å². The van der Waals surface area contributed by atoms with Crippen molar-refractivity contribution in [2.24, 2.45) is 5.14 Å². The van der Waals surface area contributed by atoms with E-state index in [1.807, 2.05) is 0 Å². The molecule has 1 aromatic rings. The van der Waals surface area contributed by atoms with Gasteiger partial charge in [-0.05, 0) is 18.2 Å². The van der Waals surface area contributed by atoms with Crippen molar-refractivity contribution in [3.05, 3.63) is 24.0 Å². The summed E-state index contributed by atoms with van der Waals surface area (Å²) in [6.07, 6.45) is -0.272. The van der Waals surface area contributed by atoms with Gasteiger partial charge in [-0.2, -0.15) is 0 Å². The lowest BCUT2D eigenvalue weighted by Gasteiger charge is -2.13. The number of hydrogen-bond donors (Lipinski definition) is 1. The third-order valence-electron chi connectivity index (χ3n) is 2.88. The van der Waals surface area contributed by atoms with Crippen molar-refractivity contribution in [3.63, 3.8) is 0 Å². The summed E-state index contributed by atoms with van der Waals surface area (Å²) in [5.74, 6) is -1.26. The fraction of sp³-hybridized carbons (Fsp3) is 0.364. The molecule has 0 spiro atoms. The summed E-state index contributed by atoms with van der Waals surface area (Å²) in [4.78, 5) is 12.8. The maximum Gasteiger partial charge on any atom is 0.263 e. The van der Waals surface area contributed by atoms with E-state index in [1.54, 1.807) is 7.05 Å². The van der Waals surface area contributed by atoms with Crippen molar-refractivity contribution in [3.8, 4) is 5.75 Å². The molecule has 1 saturated heterocycles. The normalized spacial score (nSPS) is 19.8. The predicted octanol–water partition coefficient (Wildman–Crippen LogP) is 0.0826. The van der Waals surface area contributed by atoms with Gasteiger partial charge in [0.05, 0.1) is 4.90 Å². The maximum absolute atomic E-state index is 13.7. The summed E-state index contributed by atoms with van der Waals surface area (Å²) in [5, 5.41) is 4.88. The number of ether oxygens (including phenoxy) is 1. The van der Waals surface area contributed by atoms with E-state index in [2.05, 4.69) is 0 Å². The molecule has 6 nitrogen and oxygen atoms in total. The Morgan fingerprint density at radius 3 is 2.63 bits per heavy atom. The first-order valence-corrected chi connectivity index (χ1v) is 7.07. The highest BCUT2D eigenvalue weighted by molar-refractivity contribution is 7.89. The fourth-order valence-corrected chi connectivity index (χ4v) is 2.33. The molecular weight excluding hydrogens is 275 g/mol. The average molecular weight is 288 g/mol. The molecule has 8 heteroatoms. The molecule has 0 bridgehead atoms. The largest absolute Gasteiger partial charge is 0.477 e. The standard InChI is InChI=1S/C11H13FN2O4S/c1-14-5-4-10(11(14)15)18-9-3-2-7(6-8(9)12)19(13,16)17/h2-3,6,10H,4-5H2,1H3,(H2,13,16,17). The molecule has 0 aromatic heterocycles. The van der Waals surface area contributed by atoms with Crippen LogP contribution in [0.25, 0.3) is 0 Å². The van der Waals surface area contributed by atoms with E-state index in [0.29, 0.717) is 13.0 Å². The van der Waals surface area contributed by atoms with Gasteiger partial charge in [-0.3, -0.25) is 4.79 Å². The molecular formula is C11H13FN2O4S. The van der Waals surface area contributed by atoms with E-state index in [0.717, 1.165) is 18.2 Å². The molecule has 1 amide bonds. The zero-order valence-electron chi connectivity index (χ0n) is 10.2. The second kappa shape index (κ2) is 4.78. The Hall–Kier alpha value is -1.67. The number of benzene rings is 1. The Bertz CT molecular complexity index is 617. The molecule has 0 aliphatic carbocycles. The molecule has 2 N–H and O–H groups in total. The van der Waals surface area contributed by atoms with Crippen molar-refractivity contribution in [2.75, 3.05) is 13.6 Å². The van der Waals surface area contributed by atoms with Gasteiger partial charge in [0.2, 0.25) is 10.0 Å². The number of likely N-dealkylation sites (tertiary alicyclic amines) is 1. The van der Waals surface area contributed by atoms with E-state index >= 15 is 0 Å². The van der Waals surface area contributed by atoms with Crippen LogP contribution < -0.4 is 9.88 Å². The Morgan fingerprint density at radius 1 is 1.47 bits per heavy atom. The average Bonchev–Trinajstić information content (AvgIpc) is 2.62. The minimum absolute atomic E-state index is 0.166. The molecule has 1 heterocycles. The second-order valence-corrected chi connectivity index (χ2v) is 5.85. The summed E-state index contributed by atoms with van der Waals surface area (Å²) in [5.41, 5.74) is 0. The number of nitrogens with two attached hydrogens (primary N) is 1. The summed E-state index contributed by atoms with van der Waals surface area (Å²) in [7, 11) is -2.33. The molecule has 1 aliphatic heterocycles. The Balaban J connectivity index is 2.21. The molecule has 2 rings (SSSR count). The van der Waals surface area contributed by atoms with Crippen LogP contribution >= 0.6 is 0 Å². The number of sulfonamides is 1. The van der Waals surface area contributed by atoms with Gasteiger partial charge in [-0.15, -0.1) is 0 Å². The molecule has 1 unspecified atom stereocenters. The number of carbonyl (C=O) groups excluding carboxylic acids is 1. The zero-order chi connectivity index (χ0) is 14.2. The molecule has 0 saturated carbocycles. The third kappa shape index (κ3) is 2.85. The SMILES string of the molecule is CN1CCC(Oc2ccc(S(N)(=O)=O)cc2F)C1=O. The van der Waals surface area contributed by atoms with Crippen molar-refractivity contribution in [1.82, 2.24) is 4.90 Å². The number of primary sulfonamides is 1. The van der Waals surface area contributed by atoms with Crippen molar-refractivity contribution in [1.29, 1.82) is 0 Å². The van der Waals surface area contributed by atoms with Crippen LogP contribution in [0.2, 0.25) is 0 Å². The fourth-order valence-electron chi connectivity index (χ4n) is 1.81. The number of hydrogen-bond acceptors (Lipinski definition) is 4. The Labute approximate surface area is 110 Å². The van der Waals surface area contributed by atoms with Gasteiger partial charge in [-0.1, -0.05) is 0 Å². The Kier molecular flexibility index (Phi) is 3.46. The van der Waals surface area contributed by atoms with Gasteiger partial charge in [0, 0.05) is 20.0 Å². The summed E-state index contributed by atoms with van der Waals surface area (Å²) >= 11 is 0. The molecule has 1 aromatic carbocycles. The van der Waals surface area contributed by atoms with E-state index in [-0.39, 0.29) is 16.6 Å². The van der Waals surface area contributed by atoms with Gasteiger partial charge in [-0.25, -0.2) is 17.9 Å². The molecule has 0 radical (unpaired) electrons. The summed E-state index contributed by atoms with van der Waals surface area (Å²) < 4.78 is 41.0. The van der Waals surface area contributed by atoms with E-state index in [4.69, 9.17) is 9.88 Å². The first kappa shape index (κ1) is 13.8. The van der Waals surface area contributed by atoms with Gasteiger partial charge < -0.3 is 9.64 Å². The highest BCUT2D eigenvalue weighted by Crippen LogP contribution is 2.24. The van der Waals surface area contributed by atoms with Crippen molar-refractivity contribution >= 4 is 15.9 Å². The number of carbonyl (C=O) groups is 1. The first-order chi connectivity index (χ1) is 8.79. The smallest absolute Gasteiger partial charge is 0.263 e. The van der Waals surface area contributed by atoms with Gasteiger partial charge in [0.1, 0.15) is 0 Å². The highest BCUT2D eigenvalue weighted by Gasteiger charge is 2.31. The van der Waals surface area contributed by atoms with Crippen LogP contribution in [-0.2, 0) is 14.8 Å². The number of halogens is 1. The number of rotatable bonds is 3. The van der Waals surface area contributed by atoms with Gasteiger partial charge in [0.25, 0.3) is 5.91 Å². The first-order valence-electron chi connectivity index (χ1n) is 5.53. The number of likely N-dealkylation sites (N-methyl/N-ethyl adjacent to an activating group) is 1. The van der Waals surface area contributed by atoms with E-state index in [9.17, 15) is 17.6 Å². The lowest BCUT2D eigenvalue weighted by molar-refractivity contribution is -0.132. The van der Waals surface area contributed by atoms with Crippen LogP contribution in [0.3, 0.4) is 0 Å². The molecule has 19 heavy (non-hydrogen) atoms. The lowest BCUT2D eigenvalue weighted by Crippen LogP contribution is -2.29. The van der Waals surface area contributed by atoms with Crippen molar-refractivity contribution < 1.29 is 22.3 Å². The minimum atomic E-state index is -3.96.